The highest BCUT2D eigenvalue weighted by Gasteiger charge is 2.29. The quantitative estimate of drug-likeness (QED) is 0.489. The number of esters is 1. The first-order chi connectivity index (χ1) is 8.29. The second-order valence-corrected chi connectivity index (χ2v) is 5.38. The van der Waals surface area contributed by atoms with Crippen molar-refractivity contribution in [2.45, 2.75) is 71.1 Å². The van der Waals surface area contributed by atoms with Gasteiger partial charge in [-0.3, -0.25) is 4.79 Å². The molecule has 100 valence electrons. The summed E-state index contributed by atoms with van der Waals surface area (Å²) in [5, 5.41) is 0. The second kappa shape index (κ2) is 8.54. The van der Waals surface area contributed by atoms with Gasteiger partial charge in [-0.05, 0) is 25.2 Å². The molecule has 2 nitrogen and oxygen atoms in total. The molecule has 0 aromatic rings. The van der Waals surface area contributed by atoms with Crippen LogP contribution in [0.3, 0.4) is 0 Å². The van der Waals surface area contributed by atoms with Gasteiger partial charge in [-0.2, -0.15) is 0 Å². The van der Waals surface area contributed by atoms with Crippen LogP contribution in [0.1, 0.15) is 71.1 Å². The van der Waals surface area contributed by atoms with E-state index in [9.17, 15) is 4.79 Å². The van der Waals surface area contributed by atoms with Crippen molar-refractivity contribution in [3.8, 4) is 0 Å². The number of hydrogen-bond donors (Lipinski definition) is 0. The minimum Gasteiger partial charge on any atom is -0.469 e. The van der Waals surface area contributed by atoms with Crippen molar-refractivity contribution in [2.24, 2.45) is 11.8 Å². The van der Waals surface area contributed by atoms with Crippen molar-refractivity contribution in [1.29, 1.82) is 0 Å². The smallest absolute Gasteiger partial charge is 0.308 e. The van der Waals surface area contributed by atoms with E-state index in [-0.39, 0.29) is 11.9 Å². The molecule has 0 amide bonds. The summed E-state index contributed by atoms with van der Waals surface area (Å²) in [6, 6.07) is 0. The predicted octanol–water partition coefficient (Wildman–Crippen LogP) is 4.33. The first kappa shape index (κ1) is 14.5. The van der Waals surface area contributed by atoms with E-state index in [2.05, 4.69) is 6.92 Å². The van der Waals surface area contributed by atoms with Crippen molar-refractivity contribution >= 4 is 5.97 Å². The van der Waals surface area contributed by atoms with E-state index in [1.807, 2.05) is 0 Å². The van der Waals surface area contributed by atoms with Crippen molar-refractivity contribution < 1.29 is 9.53 Å². The van der Waals surface area contributed by atoms with Crippen molar-refractivity contribution in [3.05, 3.63) is 0 Å². The predicted molar refractivity (Wildman–Crippen MR) is 70.8 cm³/mol. The van der Waals surface area contributed by atoms with Crippen molar-refractivity contribution in [2.75, 3.05) is 7.11 Å². The maximum atomic E-state index is 11.9. The van der Waals surface area contributed by atoms with Gasteiger partial charge in [0, 0.05) is 0 Å². The van der Waals surface area contributed by atoms with Gasteiger partial charge in [0.25, 0.3) is 0 Å². The molecule has 17 heavy (non-hydrogen) atoms. The highest BCUT2D eigenvalue weighted by molar-refractivity contribution is 5.72. The summed E-state index contributed by atoms with van der Waals surface area (Å²) in [6.45, 7) is 2.22. The molecule has 1 unspecified atom stereocenters. The van der Waals surface area contributed by atoms with E-state index in [0.717, 1.165) is 6.42 Å². The largest absolute Gasteiger partial charge is 0.469 e. The number of unbranched alkanes of at least 4 members (excludes halogenated alkanes) is 3. The highest BCUT2D eigenvalue weighted by Crippen LogP contribution is 2.33. The van der Waals surface area contributed by atoms with Crippen LogP contribution in [-0.2, 0) is 9.53 Å². The van der Waals surface area contributed by atoms with Crippen LogP contribution in [0.15, 0.2) is 0 Å². The Morgan fingerprint density at radius 2 is 1.88 bits per heavy atom. The number of hydrogen-bond acceptors (Lipinski definition) is 2. The van der Waals surface area contributed by atoms with Crippen LogP contribution in [0.4, 0.5) is 0 Å². The Balaban J connectivity index is 2.39. The molecule has 2 heteroatoms. The van der Waals surface area contributed by atoms with Gasteiger partial charge in [-0.25, -0.2) is 0 Å². The number of carbonyl (C=O) groups excluding carboxylic acids is 1. The Hall–Kier alpha value is -0.530. The third-order valence-electron chi connectivity index (χ3n) is 4.09. The topological polar surface area (TPSA) is 26.3 Å². The Labute approximate surface area is 106 Å². The van der Waals surface area contributed by atoms with Gasteiger partial charge in [0.1, 0.15) is 0 Å². The molecule has 0 aliphatic heterocycles. The molecule has 0 radical (unpaired) electrons. The minimum absolute atomic E-state index is 0.0356. The van der Waals surface area contributed by atoms with Gasteiger partial charge in [0.2, 0.25) is 0 Å². The maximum Gasteiger partial charge on any atom is 0.308 e. The maximum absolute atomic E-state index is 11.9. The Morgan fingerprint density at radius 1 is 1.18 bits per heavy atom. The molecule has 1 atom stereocenters. The van der Waals surface area contributed by atoms with E-state index in [0.29, 0.717) is 5.92 Å². The monoisotopic (exact) mass is 240 g/mol. The molecule has 0 aromatic carbocycles. The molecule has 1 aliphatic carbocycles. The van der Waals surface area contributed by atoms with Crippen molar-refractivity contribution in [3.63, 3.8) is 0 Å². The van der Waals surface area contributed by atoms with Gasteiger partial charge in [0.15, 0.2) is 0 Å². The Kier molecular flexibility index (Phi) is 7.30. The lowest BCUT2D eigenvalue weighted by Crippen LogP contribution is -2.26. The van der Waals surface area contributed by atoms with Crippen LogP contribution in [-0.4, -0.2) is 13.1 Å². The summed E-state index contributed by atoms with van der Waals surface area (Å²) in [5.41, 5.74) is 0. The fourth-order valence-corrected chi connectivity index (χ4v) is 3.02. The molecule has 0 N–H and O–H groups in total. The van der Waals surface area contributed by atoms with E-state index in [4.69, 9.17) is 4.74 Å². The first-order valence-corrected chi connectivity index (χ1v) is 7.37. The van der Waals surface area contributed by atoms with Crippen LogP contribution in [0.5, 0.6) is 0 Å². The third kappa shape index (κ3) is 5.10. The SMILES string of the molecule is CCCCCCC(C(=O)OC)C1CCCCC1. The molecule has 1 fully saturated rings. The fourth-order valence-electron chi connectivity index (χ4n) is 3.02. The zero-order chi connectivity index (χ0) is 12.5. The van der Waals surface area contributed by atoms with Gasteiger partial charge in [-0.15, -0.1) is 0 Å². The van der Waals surface area contributed by atoms with Crippen LogP contribution in [0.2, 0.25) is 0 Å². The normalized spacial score (nSPS) is 18.9. The lowest BCUT2D eigenvalue weighted by Gasteiger charge is -2.28. The van der Waals surface area contributed by atoms with Crippen LogP contribution < -0.4 is 0 Å². The van der Waals surface area contributed by atoms with E-state index in [1.165, 1.54) is 64.9 Å². The summed E-state index contributed by atoms with van der Waals surface area (Å²) >= 11 is 0. The third-order valence-corrected chi connectivity index (χ3v) is 4.09. The van der Waals surface area contributed by atoms with E-state index in [1.54, 1.807) is 0 Å². The number of carbonyl (C=O) groups is 1. The number of ether oxygens (including phenoxy) is 1. The average molecular weight is 240 g/mol. The summed E-state index contributed by atoms with van der Waals surface area (Å²) in [4.78, 5) is 11.9. The lowest BCUT2D eigenvalue weighted by atomic mass is 9.78. The molecule has 1 rings (SSSR count). The second-order valence-electron chi connectivity index (χ2n) is 5.38. The number of methoxy groups -OCH3 is 1. The summed E-state index contributed by atoms with van der Waals surface area (Å²) < 4.78 is 4.98. The standard InChI is InChI=1S/C15H28O2/c1-3-4-5-9-12-14(15(16)17-2)13-10-7-6-8-11-13/h13-14H,3-12H2,1-2H3. The van der Waals surface area contributed by atoms with Crippen LogP contribution >= 0.6 is 0 Å². The lowest BCUT2D eigenvalue weighted by molar-refractivity contribution is -0.148. The van der Waals surface area contributed by atoms with Gasteiger partial charge in [0.05, 0.1) is 13.0 Å². The zero-order valence-electron chi connectivity index (χ0n) is 11.5. The van der Waals surface area contributed by atoms with Crippen LogP contribution in [0.25, 0.3) is 0 Å². The Morgan fingerprint density at radius 3 is 2.47 bits per heavy atom. The molecule has 1 aliphatic rings. The molecule has 1 saturated carbocycles. The zero-order valence-corrected chi connectivity index (χ0v) is 11.5. The molecule has 0 heterocycles. The molecule has 0 saturated heterocycles. The molecule has 0 spiro atoms. The average Bonchev–Trinajstić information content (AvgIpc) is 2.39. The first-order valence-electron chi connectivity index (χ1n) is 7.37. The van der Waals surface area contributed by atoms with Gasteiger partial charge >= 0.3 is 5.97 Å². The summed E-state index contributed by atoms with van der Waals surface area (Å²) in [5.74, 6) is 0.809. The highest BCUT2D eigenvalue weighted by atomic mass is 16.5. The van der Waals surface area contributed by atoms with Gasteiger partial charge < -0.3 is 4.74 Å². The van der Waals surface area contributed by atoms with Crippen molar-refractivity contribution in [1.82, 2.24) is 0 Å². The minimum atomic E-state index is 0.0356. The summed E-state index contributed by atoms with van der Waals surface area (Å²) in [6.07, 6.45) is 12.4. The van der Waals surface area contributed by atoms with Crippen LogP contribution in [0, 0.1) is 11.8 Å². The summed E-state index contributed by atoms with van der Waals surface area (Å²) in [7, 11) is 1.53. The van der Waals surface area contributed by atoms with E-state index >= 15 is 0 Å². The Bertz CT molecular complexity index is 207. The molecular weight excluding hydrogens is 212 g/mol. The van der Waals surface area contributed by atoms with Gasteiger partial charge in [-0.1, -0.05) is 51.9 Å². The molecular formula is C15H28O2. The van der Waals surface area contributed by atoms with E-state index < -0.39 is 0 Å². The number of rotatable bonds is 7. The fraction of sp³-hybridized carbons (Fsp3) is 0.933. The molecule has 0 bridgehead atoms. The molecule has 0 aromatic heterocycles.